The van der Waals surface area contributed by atoms with Gasteiger partial charge in [0.25, 0.3) is 0 Å². The van der Waals surface area contributed by atoms with Crippen LogP contribution < -0.4 is 0 Å². The lowest BCUT2D eigenvalue weighted by Gasteiger charge is -2.24. The van der Waals surface area contributed by atoms with Crippen molar-refractivity contribution in [2.45, 2.75) is 52.2 Å². The molecule has 1 atom stereocenters. The van der Waals surface area contributed by atoms with Gasteiger partial charge in [0.1, 0.15) is 0 Å². The number of nitrogens with zero attached hydrogens (tertiary/aromatic N) is 2. The van der Waals surface area contributed by atoms with Crippen LogP contribution in [0.25, 0.3) is 10.9 Å². The molecule has 0 saturated carbocycles. The van der Waals surface area contributed by atoms with Gasteiger partial charge in [0.2, 0.25) is 0 Å². The molecule has 4 heteroatoms. The van der Waals surface area contributed by atoms with Gasteiger partial charge in [-0.1, -0.05) is 37.6 Å². The zero-order valence-corrected chi connectivity index (χ0v) is 14.9. The Labute approximate surface area is 143 Å². The molecule has 126 valence electrons. The Morgan fingerprint density at radius 2 is 1.96 bits per heavy atom. The zero-order valence-electron chi connectivity index (χ0n) is 14.2. The Morgan fingerprint density at radius 1 is 1.22 bits per heavy atom. The average Bonchev–Trinajstić information content (AvgIpc) is 2.88. The normalized spacial score (nSPS) is 16.0. The number of hydrogen-bond acceptors (Lipinski definition) is 2. The fraction of sp³-hybridized carbons (Fsp3) is 0.579. The molecule has 0 bridgehead atoms. The van der Waals surface area contributed by atoms with Crippen molar-refractivity contribution in [3.05, 3.63) is 34.5 Å². The maximum Gasteiger partial charge on any atom is 0.0845 e. The summed E-state index contributed by atoms with van der Waals surface area (Å²) in [6.07, 6.45) is 4.34. The van der Waals surface area contributed by atoms with E-state index in [0.717, 1.165) is 36.5 Å². The van der Waals surface area contributed by atoms with Gasteiger partial charge in [-0.3, -0.25) is 0 Å². The molecular weight excluding hydrogens is 308 g/mol. The highest BCUT2D eigenvalue weighted by atomic mass is 35.5. The molecule has 3 rings (SSSR count). The summed E-state index contributed by atoms with van der Waals surface area (Å²) in [7, 11) is 0. The second-order valence-electron chi connectivity index (χ2n) is 6.52. The standard InChI is InChI=1S/C19H27ClN2O/c1-3-21(4-2)12-14(23)13-22-18-11-6-5-8-15(18)16-9-7-10-17(20)19(16)22/h7,9-10,14,23H,3-6,8,11-13H2,1-2H3. The van der Waals surface area contributed by atoms with Crippen LogP contribution in [-0.4, -0.2) is 40.3 Å². The number of halogens is 1. The highest BCUT2D eigenvalue weighted by molar-refractivity contribution is 6.35. The van der Waals surface area contributed by atoms with Crippen LogP contribution in [0.1, 0.15) is 37.9 Å². The van der Waals surface area contributed by atoms with Crippen LogP contribution in [0.5, 0.6) is 0 Å². The van der Waals surface area contributed by atoms with Crippen molar-refractivity contribution in [2.75, 3.05) is 19.6 Å². The number of rotatable bonds is 6. The van der Waals surface area contributed by atoms with E-state index in [1.54, 1.807) is 0 Å². The molecule has 1 aliphatic rings. The van der Waals surface area contributed by atoms with E-state index in [2.05, 4.69) is 29.4 Å². The van der Waals surface area contributed by atoms with Crippen molar-refractivity contribution in [1.29, 1.82) is 0 Å². The highest BCUT2D eigenvalue weighted by Gasteiger charge is 2.23. The summed E-state index contributed by atoms with van der Waals surface area (Å²) in [4.78, 5) is 2.27. The number of aryl methyl sites for hydroxylation is 1. The molecule has 23 heavy (non-hydrogen) atoms. The maximum atomic E-state index is 10.6. The Balaban J connectivity index is 1.96. The van der Waals surface area contributed by atoms with Gasteiger partial charge in [-0.2, -0.15) is 0 Å². The van der Waals surface area contributed by atoms with Crippen LogP contribution in [0.2, 0.25) is 5.02 Å². The number of para-hydroxylation sites is 1. The van der Waals surface area contributed by atoms with Gasteiger partial charge in [-0.05, 0) is 50.4 Å². The molecule has 1 aromatic carbocycles. The van der Waals surface area contributed by atoms with E-state index in [1.807, 2.05) is 12.1 Å². The molecule has 3 nitrogen and oxygen atoms in total. The smallest absolute Gasteiger partial charge is 0.0845 e. The lowest BCUT2D eigenvalue weighted by Crippen LogP contribution is -2.34. The minimum absolute atomic E-state index is 0.368. The number of hydrogen-bond donors (Lipinski definition) is 1. The third-order valence-electron chi connectivity index (χ3n) is 5.10. The monoisotopic (exact) mass is 334 g/mol. The second kappa shape index (κ2) is 7.25. The summed E-state index contributed by atoms with van der Waals surface area (Å²) in [5, 5.41) is 12.7. The summed E-state index contributed by atoms with van der Waals surface area (Å²) in [6, 6.07) is 6.18. The van der Waals surface area contributed by atoms with E-state index >= 15 is 0 Å². The molecule has 0 aliphatic heterocycles. The Kier molecular flexibility index (Phi) is 5.30. The van der Waals surface area contributed by atoms with E-state index in [1.165, 1.54) is 29.5 Å². The number of fused-ring (bicyclic) bond motifs is 3. The Hall–Kier alpha value is -1.03. The summed E-state index contributed by atoms with van der Waals surface area (Å²) < 4.78 is 2.29. The van der Waals surface area contributed by atoms with Gasteiger partial charge in [0, 0.05) is 17.6 Å². The minimum Gasteiger partial charge on any atom is -0.390 e. The fourth-order valence-electron chi connectivity index (χ4n) is 3.90. The predicted molar refractivity (Wildman–Crippen MR) is 97.4 cm³/mol. The van der Waals surface area contributed by atoms with Crippen molar-refractivity contribution >= 4 is 22.5 Å². The average molecular weight is 335 g/mol. The number of aromatic nitrogens is 1. The largest absolute Gasteiger partial charge is 0.390 e. The Bertz CT molecular complexity index is 676. The van der Waals surface area contributed by atoms with Crippen LogP contribution in [0.15, 0.2) is 18.2 Å². The van der Waals surface area contributed by atoms with Crippen LogP contribution in [0.3, 0.4) is 0 Å². The third-order valence-corrected chi connectivity index (χ3v) is 5.41. The van der Waals surface area contributed by atoms with Crippen LogP contribution >= 0.6 is 11.6 Å². The van der Waals surface area contributed by atoms with Crippen LogP contribution in [0, 0.1) is 0 Å². The van der Waals surface area contributed by atoms with Crippen molar-refractivity contribution in [1.82, 2.24) is 9.47 Å². The minimum atomic E-state index is -0.368. The predicted octanol–water partition coefficient (Wildman–Crippen LogP) is 3.88. The van der Waals surface area contributed by atoms with E-state index in [4.69, 9.17) is 11.6 Å². The first-order chi connectivity index (χ1) is 11.2. The topological polar surface area (TPSA) is 28.4 Å². The first-order valence-electron chi connectivity index (χ1n) is 8.84. The van der Waals surface area contributed by atoms with Crippen molar-refractivity contribution in [3.63, 3.8) is 0 Å². The van der Waals surface area contributed by atoms with Gasteiger partial charge in [-0.15, -0.1) is 0 Å². The molecule has 1 aliphatic carbocycles. The van der Waals surface area contributed by atoms with E-state index in [9.17, 15) is 5.11 Å². The van der Waals surface area contributed by atoms with Gasteiger partial charge in [-0.25, -0.2) is 0 Å². The molecule has 0 saturated heterocycles. The van der Waals surface area contributed by atoms with E-state index < -0.39 is 0 Å². The SMILES string of the molecule is CCN(CC)CC(O)Cn1c2c(c3cccc(Cl)c31)CCCC2. The lowest BCUT2D eigenvalue weighted by molar-refractivity contribution is 0.103. The Morgan fingerprint density at radius 3 is 2.70 bits per heavy atom. The summed E-state index contributed by atoms with van der Waals surface area (Å²) in [5.41, 5.74) is 3.95. The first-order valence-corrected chi connectivity index (χ1v) is 9.22. The molecule has 2 aromatic rings. The molecule has 1 N–H and O–H groups in total. The van der Waals surface area contributed by atoms with Crippen molar-refractivity contribution in [2.24, 2.45) is 0 Å². The lowest BCUT2D eigenvalue weighted by atomic mass is 9.95. The molecule has 1 unspecified atom stereocenters. The molecule has 0 radical (unpaired) electrons. The molecule has 0 amide bonds. The fourth-order valence-corrected chi connectivity index (χ4v) is 4.17. The summed E-state index contributed by atoms with van der Waals surface area (Å²) in [6.45, 7) is 7.57. The second-order valence-corrected chi connectivity index (χ2v) is 6.93. The van der Waals surface area contributed by atoms with Crippen LogP contribution in [0.4, 0.5) is 0 Å². The summed E-state index contributed by atoms with van der Waals surface area (Å²) >= 11 is 6.51. The molecule has 0 fully saturated rings. The van der Waals surface area contributed by atoms with Crippen molar-refractivity contribution < 1.29 is 5.11 Å². The summed E-state index contributed by atoms with van der Waals surface area (Å²) in [5.74, 6) is 0. The highest BCUT2D eigenvalue weighted by Crippen LogP contribution is 2.35. The van der Waals surface area contributed by atoms with Crippen LogP contribution in [-0.2, 0) is 19.4 Å². The first kappa shape index (κ1) is 16.8. The molecule has 0 spiro atoms. The molecule has 1 heterocycles. The zero-order chi connectivity index (χ0) is 16.4. The number of aliphatic hydroxyl groups is 1. The van der Waals surface area contributed by atoms with Crippen molar-refractivity contribution in [3.8, 4) is 0 Å². The van der Waals surface area contributed by atoms with E-state index in [-0.39, 0.29) is 6.10 Å². The maximum absolute atomic E-state index is 10.6. The van der Waals surface area contributed by atoms with Gasteiger partial charge in [0.05, 0.1) is 23.2 Å². The molecule has 1 aromatic heterocycles. The van der Waals surface area contributed by atoms with Gasteiger partial charge < -0.3 is 14.6 Å². The number of aliphatic hydroxyl groups excluding tert-OH is 1. The quantitative estimate of drug-likeness (QED) is 0.868. The van der Waals surface area contributed by atoms with Gasteiger partial charge >= 0.3 is 0 Å². The van der Waals surface area contributed by atoms with E-state index in [0.29, 0.717) is 13.1 Å². The van der Waals surface area contributed by atoms with Gasteiger partial charge in [0.15, 0.2) is 0 Å². The number of likely N-dealkylation sites (N-methyl/N-ethyl adjacent to an activating group) is 1. The third kappa shape index (κ3) is 3.28. The number of benzene rings is 1. The molecular formula is C19H27ClN2O.